The van der Waals surface area contributed by atoms with Crippen LogP contribution in [0.25, 0.3) is 0 Å². The summed E-state index contributed by atoms with van der Waals surface area (Å²) in [6, 6.07) is 8.92. The minimum atomic E-state index is -0.745. The predicted octanol–water partition coefficient (Wildman–Crippen LogP) is 3.44. The zero-order valence-corrected chi connectivity index (χ0v) is 9.56. The van der Waals surface area contributed by atoms with E-state index in [1.165, 1.54) is 24.3 Å². The van der Waals surface area contributed by atoms with Crippen molar-refractivity contribution in [3.05, 3.63) is 59.2 Å². The lowest BCUT2D eigenvalue weighted by molar-refractivity contribution is 0.112. The van der Waals surface area contributed by atoms with Gasteiger partial charge in [0.1, 0.15) is 23.9 Å². The van der Waals surface area contributed by atoms with E-state index in [1.54, 1.807) is 6.07 Å². The average molecular weight is 259 g/mol. The number of carbonyl (C=O) groups excluding carboxylic acids is 1. The topological polar surface area (TPSA) is 50.1 Å². The molecule has 0 fully saturated rings. The molecule has 2 rings (SSSR count). The number of hydrogen-bond donors (Lipinski definition) is 0. The van der Waals surface area contributed by atoms with Gasteiger partial charge >= 0.3 is 0 Å². The zero-order valence-electron chi connectivity index (χ0n) is 9.56. The number of hydrogen-bond acceptors (Lipinski definition) is 3. The molecule has 0 spiro atoms. The van der Waals surface area contributed by atoms with Crippen LogP contribution in [0.4, 0.5) is 8.78 Å². The summed E-state index contributed by atoms with van der Waals surface area (Å²) in [4.78, 5) is 10.5. The second-order valence-corrected chi connectivity index (χ2v) is 3.66. The van der Waals surface area contributed by atoms with Crippen LogP contribution in [0, 0.1) is 23.0 Å². The molecule has 2 aromatic rings. The first-order chi connectivity index (χ1) is 9.13. The van der Waals surface area contributed by atoms with Gasteiger partial charge in [-0.15, -0.1) is 0 Å². The second-order valence-electron chi connectivity index (χ2n) is 3.66. The lowest BCUT2D eigenvalue weighted by Crippen LogP contribution is -1.92. The second kappa shape index (κ2) is 5.27. The first-order valence-electron chi connectivity index (χ1n) is 5.26. The highest BCUT2D eigenvalue weighted by Crippen LogP contribution is 2.26. The molecule has 3 nitrogen and oxygen atoms in total. The fourth-order valence-corrected chi connectivity index (χ4v) is 1.45. The quantitative estimate of drug-likeness (QED) is 0.793. The molecule has 0 atom stereocenters. The first-order valence-corrected chi connectivity index (χ1v) is 5.26. The predicted molar refractivity (Wildman–Crippen MR) is 63.0 cm³/mol. The van der Waals surface area contributed by atoms with Gasteiger partial charge in [0, 0.05) is 11.6 Å². The third-order valence-electron chi connectivity index (χ3n) is 2.38. The minimum Gasteiger partial charge on any atom is -0.454 e. The summed E-state index contributed by atoms with van der Waals surface area (Å²) in [7, 11) is 0. The van der Waals surface area contributed by atoms with E-state index < -0.39 is 11.6 Å². The van der Waals surface area contributed by atoms with Crippen LogP contribution in [0.5, 0.6) is 11.5 Å². The van der Waals surface area contributed by atoms with Crippen LogP contribution >= 0.6 is 0 Å². The molecule has 5 heteroatoms. The number of benzene rings is 2. The normalized spacial score (nSPS) is 9.74. The molecule has 0 N–H and O–H groups in total. The molecular formula is C14H7F2NO2. The molecule has 2 aromatic carbocycles. The summed E-state index contributed by atoms with van der Waals surface area (Å²) in [6.07, 6.45) is 0.508. The van der Waals surface area contributed by atoms with E-state index in [2.05, 4.69) is 0 Å². The number of nitriles is 1. The minimum absolute atomic E-state index is 0.0641. The molecule has 0 unspecified atom stereocenters. The van der Waals surface area contributed by atoms with Crippen LogP contribution in [-0.4, -0.2) is 6.29 Å². The van der Waals surface area contributed by atoms with Crippen molar-refractivity contribution in [1.82, 2.24) is 0 Å². The molecule has 0 radical (unpaired) electrons. The summed E-state index contributed by atoms with van der Waals surface area (Å²) >= 11 is 0. The van der Waals surface area contributed by atoms with E-state index in [9.17, 15) is 13.6 Å². The Morgan fingerprint density at radius 2 is 1.89 bits per heavy atom. The van der Waals surface area contributed by atoms with Crippen molar-refractivity contribution in [3.8, 4) is 17.6 Å². The van der Waals surface area contributed by atoms with Crippen LogP contribution in [0.2, 0.25) is 0 Å². The number of aldehydes is 1. The fraction of sp³-hybridized carbons (Fsp3) is 0. The van der Waals surface area contributed by atoms with E-state index in [0.717, 1.165) is 12.1 Å². The summed E-state index contributed by atoms with van der Waals surface area (Å²) in [5.41, 5.74) is 0.0555. The summed E-state index contributed by atoms with van der Waals surface area (Å²) < 4.78 is 32.0. The molecule has 0 bridgehead atoms. The number of halogens is 2. The molecule has 0 heterocycles. The van der Waals surface area contributed by atoms with Crippen LogP contribution in [0.3, 0.4) is 0 Å². The maximum atomic E-state index is 13.5. The third-order valence-corrected chi connectivity index (χ3v) is 2.38. The lowest BCUT2D eigenvalue weighted by atomic mass is 10.2. The smallest absolute Gasteiger partial charge is 0.166 e. The Morgan fingerprint density at radius 3 is 2.47 bits per heavy atom. The molecule has 0 saturated carbocycles. The van der Waals surface area contributed by atoms with E-state index in [1.807, 2.05) is 0 Å². The molecule has 0 aliphatic rings. The van der Waals surface area contributed by atoms with Gasteiger partial charge in [0.15, 0.2) is 11.6 Å². The molecule has 94 valence electrons. The Labute approximate surface area is 107 Å². The Bertz CT molecular complexity index is 678. The van der Waals surface area contributed by atoms with Gasteiger partial charge in [-0.1, -0.05) is 0 Å². The van der Waals surface area contributed by atoms with Gasteiger partial charge in [0.2, 0.25) is 0 Å². The van der Waals surface area contributed by atoms with E-state index in [4.69, 9.17) is 10.00 Å². The van der Waals surface area contributed by atoms with Crippen LogP contribution in [-0.2, 0) is 0 Å². The standard InChI is InChI=1S/C14H7F2NO2/c15-12-6-11(3-2-10(12)7-17)19-14-4-1-9(8-18)5-13(14)16/h1-6,8H. The van der Waals surface area contributed by atoms with E-state index in [0.29, 0.717) is 6.29 Å². The highest BCUT2D eigenvalue weighted by Gasteiger charge is 2.08. The molecule has 0 aliphatic carbocycles. The monoisotopic (exact) mass is 259 g/mol. The number of carbonyl (C=O) groups is 1. The van der Waals surface area contributed by atoms with Gasteiger partial charge in [0.25, 0.3) is 0 Å². The maximum Gasteiger partial charge on any atom is 0.166 e. The maximum absolute atomic E-state index is 13.5. The van der Waals surface area contributed by atoms with Gasteiger partial charge in [-0.3, -0.25) is 4.79 Å². The van der Waals surface area contributed by atoms with Gasteiger partial charge in [0.05, 0.1) is 5.56 Å². The number of nitrogens with zero attached hydrogens (tertiary/aromatic N) is 1. The zero-order chi connectivity index (χ0) is 13.8. The molecule has 19 heavy (non-hydrogen) atoms. The lowest BCUT2D eigenvalue weighted by Gasteiger charge is -2.07. The van der Waals surface area contributed by atoms with Gasteiger partial charge in [-0.2, -0.15) is 5.26 Å². The molecule has 0 aromatic heterocycles. The molecular weight excluding hydrogens is 252 g/mol. The number of ether oxygens (including phenoxy) is 1. The van der Waals surface area contributed by atoms with Gasteiger partial charge in [-0.25, -0.2) is 8.78 Å². The summed E-state index contributed by atoms with van der Waals surface area (Å²) in [5.74, 6) is -1.54. The molecule has 0 aliphatic heterocycles. The van der Waals surface area contributed by atoms with Crippen molar-refractivity contribution in [1.29, 1.82) is 5.26 Å². The van der Waals surface area contributed by atoms with Crippen molar-refractivity contribution >= 4 is 6.29 Å². The number of rotatable bonds is 3. The van der Waals surface area contributed by atoms with Crippen LogP contribution in [0.1, 0.15) is 15.9 Å². The van der Waals surface area contributed by atoms with Crippen molar-refractivity contribution < 1.29 is 18.3 Å². The van der Waals surface area contributed by atoms with Gasteiger partial charge in [-0.05, 0) is 30.3 Å². The fourth-order valence-electron chi connectivity index (χ4n) is 1.45. The van der Waals surface area contributed by atoms with Crippen molar-refractivity contribution in [2.75, 3.05) is 0 Å². The Hall–Kier alpha value is -2.74. The largest absolute Gasteiger partial charge is 0.454 e. The summed E-state index contributed by atoms with van der Waals surface area (Å²) in [6.45, 7) is 0. The SMILES string of the molecule is N#Cc1ccc(Oc2ccc(C=O)cc2F)cc1F. The average Bonchev–Trinajstić information content (AvgIpc) is 2.41. The van der Waals surface area contributed by atoms with E-state index >= 15 is 0 Å². The van der Waals surface area contributed by atoms with Crippen molar-refractivity contribution in [2.45, 2.75) is 0 Å². The highest BCUT2D eigenvalue weighted by molar-refractivity contribution is 5.75. The summed E-state index contributed by atoms with van der Waals surface area (Å²) in [5, 5.41) is 8.58. The first kappa shape index (κ1) is 12.7. The Balaban J connectivity index is 2.29. The highest BCUT2D eigenvalue weighted by atomic mass is 19.1. The van der Waals surface area contributed by atoms with Crippen LogP contribution in [0.15, 0.2) is 36.4 Å². The van der Waals surface area contributed by atoms with Gasteiger partial charge < -0.3 is 4.74 Å². The Kier molecular flexibility index (Phi) is 3.53. The molecule has 0 saturated heterocycles. The van der Waals surface area contributed by atoms with Crippen LogP contribution < -0.4 is 4.74 Å². The molecule has 0 amide bonds. The third kappa shape index (κ3) is 2.75. The van der Waals surface area contributed by atoms with E-state index in [-0.39, 0.29) is 22.6 Å². The van der Waals surface area contributed by atoms with Crippen molar-refractivity contribution in [2.24, 2.45) is 0 Å². The van der Waals surface area contributed by atoms with Crippen molar-refractivity contribution in [3.63, 3.8) is 0 Å². The Morgan fingerprint density at radius 1 is 1.11 bits per heavy atom.